The summed E-state index contributed by atoms with van der Waals surface area (Å²) < 4.78 is 18.6. The van der Waals surface area contributed by atoms with E-state index in [0.29, 0.717) is 5.75 Å². The summed E-state index contributed by atoms with van der Waals surface area (Å²) in [6.07, 6.45) is 1.91. The van der Waals surface area contributed by atoms with Crippen LogP contribution in [0.15, 0.2) is 59.9 Å². The Labute approximate surface area is 112 Å². The smallest absolute Gasteiger partial charge is 0.367 e. The highest BCUT2D eigenvalue weighted by molar-refractivity contribution is 7.65. The van der Waals surface area contributed by atoms with Gasteiger partial charge in [0.25, 0.3) is 0 Å². The average molecular weight is 271 g/mol. The summed E-state index contributed by atoms with van der Waals surface area (Å²) in [5, 5.41) is 3.75. The van der Waals surface area contributed by atoms with Crippen molar-refractivity contribution >= 4 is 19.3 Å². The molecule has 2 aromatic rings. The number of nitrogens with one attached hydrogen (secondary N) is 1. The summed E-state index contributed by atoms with van der Waals surface area (Å²) in [7, 11) is -3.05. The minimum Gasteiger partial charge on any atom is -0.426 e. The number of hydrogen-bond donors (Lipinski definition) is 1. The molecule has 96 valence electrons. The highest BCUT2D eigenvalue weighted by atomic mass is 31.2. The SMILES string of the molecule is CC1=Cc2ccccc2NP1(=O)Oc1ccccc1. The third-order valence-corrected chi connectivity index (χ3v) is 5.10. The molecule has 3 nitrogen and oxygen atoms in total. The van der Waals surface area contributed by atoms with E-state index in [-0.39, 0.29) is 0 Å². The molecule has 0 spiro atoms. The van der Waals surface area contributed by atoms with Gasteiger partial charge in [-0.2, -0.15) is 0 Å². The molecule has 4 heteroatoms. The zero-order valence-corrected chi connectivity index (χ0v) is 11.4. The summed E-state index contributed by atoms with van der Waals surface area (Å²) in [4.78, 5) is 0. The van der Waals surface area contributed by atoms with Gasteiger partial charge >= 0.3 is 7.52 Å². The summed E-state index contributed by atoms with van der Waals surface area (Å²) in [6.45, 7) is 1.83. The average Bonchev–Trinajstić information content (AvgIpc) is 2.41. The van der Waals surface area contributed by atoms with E-state index in [4.69, 9.17) is 4.52 Å². The van der Waals surface area contributed by atoms with E-state index in [1.807, 2.05) is 55.5 Å². The van der Waals surface area contributed by atoms with Crippen molar-refractivity contribution in [1.82, 2.24) is 0 Å². The van der Waals surface area contributed by atoms with Gasteiger partial charge in [-0.25, -0.2) is 4.57 Å². The van der Waals surface area contributed by atoms with Crippen molar-refractivity contribution < 1.29 is 9.09 Å². The van der Waals surface area contributed by atoms with Gasteiger partial charge in [0, 0.05) is 11.0 Å². The van der Waals surface area contributed by atoms with Gasteiger partial charge in [-0.05, 0) is 36.8 Å². The minimum absolute atomic E-state index is 0.602. The third-order valence-electron chi connectivity index (χ3n) is 3.03. The van der Waals surface area contributed by atoms with E-state index in [2.05, 4.69) is 5.09 Å². The van der Waals surface area contributed by atoms with Gasteiger partial charge in [0.2, 0.25) is 0 Å². The van der Waals surface area contributed by atoms with Crippen LogP contribution < -0.4 is 9.61 Å². The van der Waals surface area contributed by atoms with E-state index in [9.17, 15) is 4.57 Å². The van der Waals surface area contributed by atoms with Gasteiger partial charge in [0.1, 0.15) is 5.75 Å². The molecule has 1 aliphatic heterocycles. The Bertz CT molecular complexity index is 680. The Morgan fingerprint density at radius 3 is 2.47 bits per heavy atom. The maximum absolute atomic E-state index is 12.9. The second kappa shape index (κ2) is 4.60. The van der Waals surface area contributed by atoms with Gasteiger partial charge in [-0.15, -0.1) is 0 Å². The fourth-order valence-corrected chi connectivity index (χ4v) is 3.62. The van der Waals surface area contributed by atoms with Crippen molar-refractivity contribution in [3.63, 3.8) is 0 Å². The lowest BCUT2D eigenvalue weighted by molar-refractivity contribution is 0.494. The largest absolute Gasteiger partial charge is 0.426 e. The van der Waals surface area contributed by atoms with E-state index in [1.54, 1.807) is 12.1 Å². The molecular weight excluding hydrogens is 257 g/mol. The fourth-order valence-electron chi connectivity index (χ4n) is 2.01. The Morgan fingerprint density at radius 1 is 1.00 bits per heavy atom. The van der Waals surface area contributed by atoms with Gasteiger partial charge < -0.3 is 9.61 Å². The van der Waals surface area contributed by atoms with Gasteiger partial charge in [-0.3, -0.25) is 0 Å². The molecule has 1 unspecified atom stereocenters. The molecule has 0 aromatic heterocycles. The van der Waals surface area contributed by atoms with Gasteiger partial charge in [-0.1, -0.05) is 36.4 Å². The lowest BCUT2D eigenvalue weighted by Gasteiger charge is -2.26. The van der Waals surface area contributed by atoms with Crippen molar-refractivity contribution in [1.29, 1.82) is 0 Å². The highest BCUT2D eigenvalue weighted by Crippen LogP contribution is 2.57. The molecule has 0 bridgehead atoms. The molecule has 0 aliphatic carbocycles. The molecule has 1 heterocycles. The van der Waals surface area contributed by atoms with Crippen LogP contribution in [0, 0.1) is 0 Å². The van der Waals surface area contributed by atoms with Crippen molar-refractivity contribution in [3.05, 3.63) is 65.5 Å². The minimum atomic E-state index is -3.05. The number of para-hydroxylation sites is 2. The molecule has 3 rings (SSSR count). The van der Waals surface area contributed by atoms with Crippen LogP contribution in [0.2, 0.25) is 0 Å². The van der Waals surface area contributed by atoms with Crippen LogP contribution in [0.1, 0.15) is 12.5 Å². The third kappa shape index (κ3) is 2.29. The molecule has 0 saturated heterocycles. The van der Waals surface area contributed by atoms with Crippen LogP contribution in [0.4, 0.5) is 5.69 Å². The van der Waals surface area contributed by atoms with Crippen molar-refractivity contribution in [3.8, 4) is 5.75 Å². The topological polar surface area (TPSA) is 38.3 Å². The monoisotopic (exact) mass is 271 g/mol. The van der Waals surface area contributed by atoms with Crippen LogP contribution in [0.25, 0.3) is 6.08 Å². The molecule has 19 heavy (non-hydrogen) atoms. The van der Waals surface area contributed by atoms with Crippen LogP contribution in [0.5, 0.6) is 5.75 Å². The van der Waals surface area contributed by atoms with Crippen molar-refractivity contribution in [2.75, 3.05) is 5.09 Å². The molecule has 0 fully saturated rings. The molecule has 1 N–H and O–H groups in total. The fraction of sp³-hybridized carbons (Fsp3) is 0.0667. The quantitative estimate of drug-likeness (QED) is 0.801. The number of fused-ring (bicyclic) bond motifs is 1. The maximum Gasteiger partial charge on any atom is 0.367 e. The van der Waals surface area contributed by atoms with E-state index < -0.39 is 7.52 Å². The second-order valence-electron chi connectivity index (χ2n) is 4.44. The normalized spacial score (nSPS) is 21.0. The Balaban J connectivity index is 1.97. The molecule has 2 aromatic carbocycles. The Kier molecular flexibility index (Phi) is 2.92. The van der Waals surface area contributed by atoms with Crippen LogP contribution in [-0.2, 0) is 4.57 Å². The summed E-state index contributed by atoms with van der Waals surface area (Å²) in [5.74, 6) is 0.602. The lowest BCUT2D eigenvalue weighted by Crippen LogP contribution is -2.09. The van der Waals surface area contributed by atoms with E-state index >= 15 is 0 Å². The molecular formula is C15H14NO2P. The predicted octanol–water partition coefficient (Wildman–Crippen LogP) is 4.75. The summed E-state index contributed by atoms with van der Waals surface area (Å²) in [5.41, 5.74) is 1.87. The first-order valence-corrected chi connectivity index (χ1v) is 7.71. The molecule has 1 aliphatic rings. The molecule has 0 radical (unpaired) electrons. The predicted molar refractivity (Wildman–Crippen MR) is 78.4 cm³/mol. The van der Waals surface area contributed by atoms with Crippen molar-refractivity contribution in [2.45, 2.75) is 6.92 Å². The van der Waals surface area contributed by atoms with Crippen LogP contribution in [0.3, 0.4) is 0 Å². The van der Waals surface area contributed by atoms with E-state index in [0.717, 1.165) is 16.6 Å². The summed E-state index contributed by atoms with van der Waals surface area (Å²) in [6, 6.07) is 17.0. The maximum atomic E-state index is 12.9. The van der Waals surface area contributed by atoms with E-state index in [1.165, 1.54) is 0 Å². The standard InChI is InChI=1S/C15H14NO2P/c1-12-11-13-7-5-6-10-15(13)16-19(12,17)18-14-8-3-2-4-9-14/h2-11H,1H3,(H,16,17). The molecule has 0 amide bonds. The second-order valence-corrected chi connectivity index (χ2v) is 6.66. The lowest BCUT2D eigenvalue weighted by atomic mass is 10.2. The first kappa shape index (κ1) is 12.1. The Morgan fingerprint density at radius 2 is 1.68 bits per heavy atom. The van der Waals surface area contributed by atoms with Crippen LogP contribution in [-0.4, -0.2) is 0 Å². The zero-order valence-electron chi connectivity index (χ0n) is 10.5. The van der Waals surface area contributed by atoms with Crippen LogP contribution >= 0.6 is 7.52 Å². The van der Waals surface area contributed by atoms with Gasteiger partial charge in [0.05, 0.1) is 0 Å². The number of anilines is 1. The van der Waals surface area contributed by atoms with Crippen molar-refractivity contribution in [2.24, 2.45) is 0 Å². The zero-order chi connectivity index (χ0) is 13.3. The summed E-state index contributed by atoms with van der Waals surface area (Å²) >= 11 is 0. The number of rotatable bonds is 2. The number of hydrogen-bond acceptors (Lipinski definition) is 2. The number of allylic oxidation sites excluding steroid dienone is 1. The number of benzene rings is 2. The highest BCUT2D eigenvalue weighted by Gasteiger charge is 2.31. The first-order valence-electron chi connectivity index (χ1n) is 6.08. The molecule has 0 saturated carbocycles. The van der Waals surface area contributed by atoms with Gasteiger partial charge in [0.15, 0.2) is 0 Å². The Hall–Kier alpha value is -1.99. The molecule has 1 atom stereocenters. The first-order chi connectivity index (χ1) is 9.17.